The highest BCUT2D eigenvalue weighted by atomic mass is 35.5. The van der Waals surface area contributed by atoms with Crippen molar-refractivity contribution < 1.29 is 8.42 Å². The average Bonchev–Trinajstić information content (AvgIpc) is 2.37. The second kappa shape index (κ2) is 5.60. The minimum Gasteiger partial charge on any atom is -0.244 e. The molecular formula is C11H11ClN4O2S. The van der Waals surface area contributed by atoms with Crippen molar-refractivity contribution in [1.82, 2.24) is 19.7 Å². The smallest absolute Gasteiger partial charge is 0.241 e. The molecule has 0 amide bonds. The molecule has 6 nitrogen and oxygen atoms in total. The number of rotatable bonds is 4. The molecule has 0 saturated carbocycles. The van der Waals surface area contributed by atoms with E-state index in [4.69, 9.17) is 11.6 Å². The van der Waals surface area contributed by atoms with Gasteiger partial charge in [0.1, 0.15) is 11.0 Å². The predicted molar refractivity (Wildman–Crippen MR) is 70.0 cm³/mol. The summed E-state index contributed by atoms with van der Waals surface area (Å²) in [6.07, 6.45) is 2.92. The summed E-state index contributed by atoms with van der Waals surface area (Å²) in [6.45, 7) is 1.83. The molecule has 0 aliphatic heterocycles. The predicted octanol–water partition coefficient (Wildman–Crippen LogP) is 1.31. The third-order valence-electron chi connectivity index (χ3n) is 2.29. The van der Waals surface area contributed by atoms with Gasteiger partial charge in [0.2, 0.25) is 10.0 Å². The summed E-state index contributed by atoms with van der Waals surface area (Å²) in [6, 6.07) is 4.31. The first-order valence-electron chi connectivity index (χ1n) is 5.37. The maximum atomic E-state index is 12.0. The molecule has 0 radical (unpaired) electrons. The highest BCUT2D eigenvalue weighted by Gasteiger charge is 2.14. The van der Waals surface area contributed by atoms with Crippen LogP contribution in [0.15, 0.2) is 35.5 Å². The number of sulfonamides is 1. The summed E-state index contributed by atoms with van der Waals surface area (Å²) in [7, 11) is -3.63. The maximum absolute atomic E-state index is 12.0. The van der Waals surface area contributed by atoms with Gasteiger partial charge in [-0.3, -0.25) is 0 Å². The Hall–Kier alpha value is -1.57. The van der Waals surface area contributed by atoms with E-state index >= 15 is 0 Å². The normalized spacial score (nSPS) is 11.5. The number of aromatic nitrogens is 3. The Morgan fingerprint density at radius 2 is 2.00 bits per heavy atom. The Morgan fingerprint density at radius 3 is 2.68 bits per heavy atom. The molecule has 8 heteroatoms. The molecule has 0 bridgehead atoms. The minimum atomic E-state index is -3.63. The molecule has 0 saturated heterocycles. The van der Waals surface area contributed by atoms with Gasteiger partial charge in [-0.1, -0.05) is 11.6 Å². The molecule has 0 aromatic carbocycles. The van der Waals surface area contributed by atoms with Crippen LogP contribution in [0, 0.1) is 6.92 Å². The van der Waals surface area contributed by atoms with E-state index in [0.717, 1.165) is 0 Å². The van der Waals surface area contributed by atoms with E-state index in [1.165, 1.54) is 18.3 Å². The van der Waals surface area contributed by atoms with Gasteiger partial charge in [0, 0.05) is 12.4 Å². The SMILES string of the molecule is Cc1nccc(CNS(=O)(=O)c2ccnc(Cl)c2)n1. The van der Waals surface area contributed by atoms with Crippen molar-refractivity contribution in [2.45, 2.75) is 18.4 Å². The number of pyridine rings is 1. The van der Waals surface area contributed by atoms with Crippen molar-refractivity contribution in [3.05, 3.63) is 47.3 Å². The number of aryl methyl sites for hydroxylation is 1. The van der Waals surface area contributed by atoms with Crippen molar-refractivity contribution in [1.29, 1.82) is 0 Å². The number of hydrogen-bond donors (Lipinski definition) is 1. The Balaban J connectivity index is 2.14. The van der Waals surface area contributed by atoms with Gasteiger partial charge >= 0.3 is 0 Å². The lowest BCUT2D eigenvalue weighted by atomic mass is 10.4. The first-order valence-corrected chi connectivity index (χ1v) is 7.23. The standard InChI is InChI=1S/C11H11ClN4O2S/c1-8-13-4-2-9(16-8)7-15-19(17,18)10-3-5-14-11(12)6-10/h2-6,15H,7H2,1H3. The van der Waals surface area contributed by atoms with Gasteiger partial charge in [-0.25, -0.2) is 28.1 Å². The molecule has 2 aromatic heterocycles. The van der Waals surface area contributed by atoms with Crippen LogP contribution in [0.2, 0.25) is 5.15 Å². The van der Waals surface area contributed by atoms with Crippen LogP contribution in [-0.2, 0) is 16.6 Å². The first-order chi connectivity index (χ1) is 8.97. The van der Waals surface area contributed by atoms with E-state index in [0.29, 0.717) is 11.5 Å². The number of nitrogens with zero attached hydrogens (tertiary/aromatic N) is 3. The van der Waals surface area contributed by atoms with E-state index < -0.39 is 10.0 Å². The summed E-state index contributed by atoms with van der Waals surface area (Å²) in [4.78, 5) is 11.9. The number of nitrogens with one attached hydrogen (secondary N) is 1. The molecule has 2 aromatic rings. The summed E-state index contributed by atoms with van der Waals surface area (Å²) < 4.78 is 26.4. The van der Waals surface area contributed by atoms with Crippen LogP contribution in [0.5, 0.6) is 0 Å². The van der Waals surface area contributed by atoms with Gasteiger partial charge < -0.3 is 0 Å². The molecule has 2 rings (SSSR count). The summed E-state index contributed by atoms with van der Waals surface area (Å²) >= 11 is 5.66. The van der Waals surface area contributed by atoms with Crippen LogP contribution in [0.3, 0.4) is 0 Å². The van der Waals surface area contributed by atoms with E-state index in [9.17, 15) is 8.42 Å². The fourth-order valence-electron chi connectivity index (χ4n) is 1.41. The van der Waals surface area contributed by atoms with Crippen molar-refractivity contribution in [3.63, 3.8) is 0 Å². The zero-order chi connectivity index (χ0) is 13.9. The van der Waals surface area contributed by atoms with E-state index in [1.807, 2.05) is 0 Å². The topological polar surface area (TPSA) is 84.8 Å². The maximum Gasteiger partial charge on any atom is 0.241 e. The molecular weight excluding hydrogens is 288 g/mol. The van der Waals surface area contributed by atoms with Gasteiger partial charge in [-0.05, 0) is 25.1 Å². The molecule has 19 heavy (non-hydrogen) atoms. The van der Waals surface area contributed by atoms with Crippen LogP contribution >= 0.6 is 11.6 Å². The molecule has 0 spiro atoms. The third-order valence-corrected chi connectivity index (χ3v) is 3.89. The summed E-state index contributed by atoms with van der Waals surface area (Å²) in [5, 5.41) is 0.126. The zero-order valence-corrected chi connectivity index (χ0v) is 11.6. The van der Waals surface area contributed by atoms with Gasteiger partial charge in [0.05, 0.1) is 17.1 Å². The Bertz CT molecular complexity index is 691. The summed E-state index contributed by atoms with van der Waals surface area (Å²) in [5.74, 6) is 0.587. The van der Waals surface area contributed by atoms with Crippen molar-refractivity contribution in [3.8, 4) is 0 Å². The van der Waals surface area contributed by atoms with E-state index in [2.05, 4.69) is 19.7 Å². The van der Waals surface area contributed by atoms with Crippen molar-refractivity contribution >= 4 is 21.6 Å². The number of hydrogen-bond acceptors (Lipinski definition) is 5. The van der Waals surface area contributed by atoms with E-state index in [1.54, 1.807) is 19.2 Å². The van der Waals surface area contributed by atoms with Crippen LogP contribution in [0.25, 0.3) is 0 Å². The lowest BCUT2D eigenvalue weighted by Gasteiger charge is -2.06. The van der Waals surface area contributed by atoms with Gasteiger partial charge in [0.15, 0.2) is 0 Å². The molecule has 0 unspecified atom stereocenters. The monoisotopic (exact) mass is 298 g/mol. The van der Waals surface area contributed by atoms with Crippen molar-refractivity contribution in [2.24, 2.45) is 0 Å². The number of halogens is 1. The molecule has 0 fully saturated rings. The van der Waals surface area contributed by atoms with Gasteiger partial charge in [-0.15, -0.1) is 0 Å². The molecule has 0 aliphatic rings. The summed E-state index contributed by atoms with van der Waals surface area (Å²) in [5.41, 5.74) is 0.594. The molecule has 0 atom stereocenters. The minimum absolute atomic E-state index is 0.0679. The van der Waals surface area contributed by atoms with E-state index in [-0.39, 0.29) is 16.6 Å². The van der Waals surface area contributed by atoms with Gasteiger partial charge in [0.25, 0.3) is 0 Å². The van der Waals surface area contributed by atoms with Crippen LogP contribution in [0.4, 0.5) is 0 Å². The lowest BCUT2D eigenvalue weighted by Crippen LogP contribution is -2.24. The van der Waals surface area contributed by atoms with Crippen molar-refractivity contribution in [2.75, 3.05) is 0 Å². The second-order valence-electron chi connectivity index (χ2n) is 3.73. The Kier molecular flexibility index (Phi) is 4.08. The third kappa shape index (κ3) is 3.69. The quantitative estimate of drug-likeness (QED) is 0.860. The fraction of sp³-hybridized carbons (Fsp3) is 0.182. The first kappa shape index (κ1) is 13.9. The lowest BCUT2D eigenvalue weighted by molar-refractivity contribution is 0.580. The van der Waals surface area contributed by atoms with Gasteiger partial charge in [-0.2, -0.15) is 0 Å². The molecule has 2 heterocycles. The van der Waals surface area contributed by atoms with Crippen LogP contribution in [0.1, 0.15) is 11.5 Å². The molecule has 0 aliphatic carbocycles. The Labute approximate surface area is 115 Å². The highest BCUT2D eigenvalue weighted by Crippen LogP contribution is 2.12. The van der Waals surface area contributed by atoms with Crippen LogP contribution < -0.4 is 4.72 Å². The molecule has 100 valence electrons. The molecule has 1 N–H and O–H groups in total. The fourth-order valence-corrected chi connectivity index (χ4v) is 2.66. The largest absolute Gasteiger partial charge is 0.244 e. The highest BCUT2D eigenvalue weighted by molar-refractivity contribution is 7.89. The Morgan fingerprint density at radius 1 is 1.26 bits per heavy atom. The van der Waals surface area contributed by atoms with Crippen LogP contribution in [-0.4, -0.2) is 23.4 Å². The average molecular weight is 299 g/mol. The zero-order valence-electron chi connectivity index (χ0n) is 10.0. The second-order valence-corrected chi connectivity index (χ2v) is 5.89.